The van der Waals surface area contributed by atoms with Crippen LogP contribution in [0.4, 0.5) is 24.5 Å². The molecular weight excluding hydrogens is 429 g/mol. The van der Waals surface area contributed by atoms with Crippen LogP contribution in [-0.4, -0.2) is 28.7 Å². The predicted molar refractivity (Wildman–Crippen MR) is 105 cm³/mol. The van der Waals surface area contributed by atoms with E-state index in [2.05, 4.69) is 5.32 Å². The molecule has 0 aromatic heterocycles. The van der Waals surface area contributed by atoms with Gasteiger partial charge in [-0.05, 0) is 36.4 Å². The Morgan fingerprint density at radius 1 is 1.14 bits per heavy atom. The number of nitrogens with one attached hydrogen (secondary N) is 1. The number of alkyl halides is 3. The van der Waals surface area contributed by atoms with Gasteiger partial charge in [0.25, 0.3) is 0 Å². The van der Waals surface area contributed by atoms with Crippen molar-refractivity contribution in [3.8, 4) is 0 Å². The van der Waals surface area contributed by atoms with Crippen molar-refractivity contribution < 1.29 is 27.6 Å². The van der Waals surface area contributed by atoms with Gasteiger partial charge in [-0.2, -0.15) is 13.2 Å². The predicted octanol–water partition coefficient (Wildman–Crippen LogP) is 4.36. The summed E-state index contributed by atoms with van der Waals surface area (Å²) in [5.74, 6) is -1.87. The molecule has 0 bridgehead atoms. The number of rotatable bonds is 5. The van der Waals surface area contributed by atoms with Gasteiger partial charge >= 0.3 is 6.18 Å². The maximum Gasteiger partial charge on any atom is 0.418 e. The van der Waals surface area contributed by atoms with Crippen LogP contribution in [0.15, 0.2) is 48.5 Å². The fourth-order valence-corrected chi connectivity index (χ4v) is 3.86. The summed E-state index contributed by atoms with van der Waals surface area (Å²) in [7, 11) is 0. The van der Waals surface area contributed by atoms with E-state index in [9.17, 15) is 27.6 Å². The van der Waals surface area contributed by atoms with Crippen LogP contribution in [0.2, 0.25) is 5.02 Å². The standard InChI is InChI=1S/C19H14ClF3N2O3S/c20-11-5-7-12(8-6-11)25-17(27)9-15(18(25)28)29-10-16(26)24-14-4-2-1-3-13(14)19(21,22)23/h1-8,15H,9-10H2,(H,24,26). The van der Waals surface area contributed by atoms with Gasteiger partial charge in [-0.25, -0.2) is 4.90 Å². The van der Waals surface area contributed by atoms with Crippen LogP contribution >= 0.6 is 23.4 Å². The molecular formula is C19H14ClF3N2O3S. The number of anilines is 2. The first kappa shape index (κ1) is 21.2. The summed E-state index contributed by atoms with van der Waals surface area (Å²) in [4.78, 5) is 37.9. The Kier molecular flexibility index (Phi) is 6.18. The summed E-state index contributed by atoms with van der Waals surface area (Å²) in [6.07, 6.45) is -4.71. The van der Waals surface area contributed by atoms with Crippen molar-refractivity contribution >= 4 is 52.5 Å². The maximum atomic E-state index is 13.0. The van der Waals surface area contributed by atoms with Crippen molar-refractivity contribution in [2.75, 3.05) is 16.0 Å². The number of hydrogen-bond acceptors (Lipinski definition) is 4. The van der Waals surface area contributed by atoms with Gasteiger partial charge in [0.2, 0.25) is 17.7 Å². The van der Waals surface area contributed by atoms with Gasteiger partial charge in [-0.15, -0.1) is 11.8 Å². The first-order chi connectivity index (χ1) is 13.7. The number of benzene rings is 2. The number of para-hydroxylation sites is 1. The average Bonchev–Trinajstić information content (AvgIpc) is 2.94. The van der Waals surface area contributed by atoms with Gasteiger partial charge in [0.05, 0.1) is 27.9 Å². The van der Waals surface area contributed by atoms with Crippen molar-refractivity contribution in [3.63, 3.8) is 0 Å². The number of amides is 3. The molecule has 3 rings (SSSR count). The Hall–Kier alpha value is -2.52. The normalized spacial score (nSPS) is 17.0. The lowest BCUT2D eigenvalue weighted by molar-refractivity contribution is -0.137. The lowest BCUT2D eigenvalue weighted by Gasteiger charge is -2.15. The zero-order chi connectivity index (χ0) is 21.2. The zero-order valence-electron chi connectivity index (χ0n) is 14.7. The summed E-state index contributed by atoms with van der Waals surface area (Å²) in [5, 5.41) is 1.88. The molecule has 1 aliphatic rings. The summed E-state index contributed by atoms with van der Waals surface area (Å²) >= 11 is 6.71. The highest BCUT2D eigenvalue weighted by Gasteiger charge is 2.40. The lowest BCUT2D eigenvalue weighted by Crippen LogP contribution is -2.31. The minimum absolute atomic E-state index is 0.0987. The highest BCUT2D eigenvalue weighted by atomic mass is 35.5. The smallest absolute Gasteiger partial charge is 0.325 e. The van der Waals surface area contributed by atoms with Gasteiger partial charge in [-0.3, -0.25) is 14.4 Å². The molecule has 29 heavy (non-hydrogen) atoms. The van der Waals surface area contributed by atoms with E-state index in [-0.39, 0.29) is 17.9 Å². The molecule has 152 valence electrons. The molecule has 1 unspecified atom stereocenters. The number of halogens is 4. The Bertz CT molecular complexity index is 950. The third-order valence-electron chi connectivity index (χ3n) is 4.11. The minimum atomic E-state index is -4.61. The summed E-state index contributed by atoms with van der Waals surface area (Å²) in [6.45, 7) is 0. The fourth-order valence-electron chi connectivity index (χ4n) is 2.80. The van der Waals surface area contributed by atoms with Crippen molar-refractivity contribution in [1.29, 1.82) is 0 Å². The average molecular weight is 443 g/mol. The number of carbonyl (C=O) groups is 3. The number of nitrogens with zero attached hydrogens (tertiary/aromatic N) is 1. The summed E-state index contributed by atoms with van der Waals surface area (Å²) in [5.41, 5.74) is -0.947. The fraction of sp³-hybridized carbons (Fsp3) is 0.211. The monoisotopic (exact) mass is 442 g/mol. The third kappa shape index (κ3) is 4.91. The van der Waals surface area contributed by atoms with E-state index in [1.54, 1.807) is 12.1 Å². The molecule has 5 nitrogen and oxygen atoms in total. The van der Waals surface area contributed by atoms with E-state index in [4.69, 9.17) is 11.6 Å². The second-order valence-corrected chi connectivity index (χ2v) is 7.77. The van der Waals surface area contributed by atoms with Gasteiger partial charge in [-0.1, -0.05) is 23.7 Å². The molecule has 1 heterocycles. The quantitative estimate of drug-likeness (QED) is 0.699. The van der Waals surface area contributed by atoms with E-state index in [1.807, 2.05) is 0 Å². The Labute approximate surface area is 173 Å². The molecule has 0 aliphatic carbocycles. The number of carbonyl (C=O) groups excluding carboxylic acids is 3. The summed E-state index contributed by atoms with van der Waals surface area (Å²) < 4.78 is 39.0. The molecule has 1 fully saturated rings. The third-order valence-corrected chi connectivity index (χ3v) is 5.56. The first-order valence-electron chi connectivity index (χ1n) is 8.37. The first-order valence-corrected chi connectivity index (χ1v) is 9.79. The van der Waals surface area contributed by atoms with E-state index >= 15 is 0 Å². The topological polar surface area (TPSA) is 66.5 Å². The highest BCUT2D eigenvalue weighted by molar-refractivity contribution is 8.01. The molecule has 1 N–H and O–H groups in total. The van der Waals surface area contributed by atoms with Crippen molar-refractivity contribution in [1.82, 2.24) is 0 Å². The van der Waals surface area contributed by atoms with Crippen LogP contribution in [-0.2, 0) is 20.6 Å². The van der Waals surface area contributed by atoms with Crippen LogP contribution in [0.3, 0.4) is 0 Å². The number of thioether (sulfide) groups is 1. The molecule has 2 aromatic rings. The maximum absolute atomic E-state index is 13.0. The molecule has 3 amide bonds. The van der Waals surface area contributed by atoms with Gasteiger partial charge in [0.1, 0.15) is 0 Å². The van der Waals surface area contributed by atoms with Crippen molar-refractivity contribution in [3.05, 3.63) is 59.1 Å². The molecule has 0 spiro atoms. The van der Waals surface area contributed by atoms with Gasteiger partial charge in [0.15, 0.2) is 0 Å². The zero-order valence-corrected chi connectivity index (χ0v) is 16.3. The van der Waals surface area contributed by atoms with Gasteiger partial charge < -0.3 is 5.32 Å². The van der Waals surface area contributed by atoms with E-state index in [1.165, 1.54) is 24.3 Å². The molecule has 1 atom stereocenters. The molecule has 2 aromatic carbocycles. The lowest BCUT2D eigenvalue weighted by atomic mass is 10.1. The van der Waals surface area contributed by atoms with Crippen molar-refractivity contribution in [2.24, 2.45) is 0 Å². The summed E-state index contributed by atoms with van der Waals surface area (Å²) in [6, 6.07) is 10.8. The second-order valence-electron chi connectivity index (χ2n) is 6.14. The molecule has 0 radical (unpaired) electrons. The van der Waals surface area contributed by atoms with Crippen LogP contribution < -0.4 is 10.2 Å². The number of hydrogen-bond donors (Lipinski definition) is 1. The Morgan fingerprint density at radius 2 is 1.79 bits per heavy atom. The van der Waals surface area contributed by atoms with Crippen molar-refractivity contribution in [2.45, 2.75) is 17.8 Å². The van der Waals surface area contributed by atoms with Crippen LogP contribution in [0.1, 0.15) is 12.0 Å². The van der Waals surface area contributed by atoms with Crippen LogP contribution in [0, 0.1) is 0 Å². The molecule has 0 saturated carbocycles. The molecule has 1 aliphatic heterocycles. The second kappa shape index (κ2) is 8.46. The number of imide groups is 1. The van der Waals surface area contributed by atoms with Crippen LogP contribution in [0.5, 0.6) is 0 Å². The Morgan fingerprint density at radius 3 is 2.45 bits per heavy atom. The highest BCUT2D eigenvalue weighted by Crippen LogP contribution is 2.35. The van der Waals surface area contributed by atoms with E-state index < -0.39 is 34.7 Å². The Balaban J connectivity index is 1.62. The van der Waals surface area contributed by atoms with Crippen LogP contribution in [0.25, 0.3) is 0 Å². The molecule has 10 heteroatoms. The molecule has 1 saturated heterocycles. The minimum Gasteiger partial charge on any atom is -0.325 e. The van der Waals surface area contributed by atoms with Gasteiger partial charge in [0, 0.05) is 11.4 Å². The van der Waals surface area contributed by atoms with E-state index in [0.29, 0.717) is 10.7 Å². The SMILES string of the molecule is O=C(CSC1CC(=O)N(c2ccc(Cl)cc2)C1=O)Nc1ccccc1C(F)(F)F. The van der Waals surface area contributed by atoms with E-state index in [0.717, 1.165) is 28.8 Å². The largest absolute Gasteiger partial charge is 0.418 e.